The highest BCUT2D eigenvalue weighted by atomic mass is 16.5. The second kappa shape index (κ2) is 8.65. The van der Waals surface area contributed by atoms with Crippen molar-refractivity contribution in [2.24, 2.45) is 17.6 Å². The van der Waals surface area contributed by atoms with Crippen LogP contribution in [0.5, 0.6) is 0 Å². The average molecular weight is 285 g/mol. The summed E-state index contributed by atoms with van der Waals surface area (Å²) in [5.74, 6) is 1.39. The minimum Gasteiger partial charge on any atom is -0.513 e. The zero-order chi connectivity index (χ0) is 15.1. The molecule has 1 aliphatic rings. The molecule has 0 radical (unpaired) electrons. The highest BCUT2D eigenvalue weighted by Crippen LogP contribution is 2.28. The molecule has 118 valence electrons. The summed E-state index contributed by atoms with van der Waals surface area (Å²) in [6, 6.07) is 0.112. The third-order valence-corrected chi connectivity index (χ3v) is 4.48. The van der Waals surface area contributed by atoms with Crippen LogP contribution in [0.2, 0.25) is 0 Å². The van der Waals surface area contributed by atoms with Gasteiger partial charge in [0.2, 0.25) is 0 Å². The zero-order valence-corrected chi connectivity index (χ0v) is 13.1. The molecule has 0 aliphatic heterocycles. The molecule has 5 unspecified atom stereocenters. The highest BCUT2D eigenvalue weighted by Gasteiger charge is 2.23. The van der Waals surface area contributed by atoms with Crippen molar-refractivity contribution >= 4 is 0 Å². The Morgan fingerprint density at radius 3 is 2.65 bits per heavy atom. The summed E-state index contributed by atoms with van der Waals surface area (Å²) in [5.41, 5.74) is 6.27. The molecule has 1 rings (SSSR count). The van der Waals surface area contributed by atoms with E-state index in [1.54, 1.807) is 7.11 Å². The molecule has 4 heteroatoms. The van der Waals surface area contributed by atoms with Gasteiger partial charge in [0, 0.05) is 19.6 Å². The Morgan fingerprint density at radius 1 is 1.40 bits per heavy atom. The van der Waals surface area contributed by atoms with Gasteiger partial charge in [0.25, 0.3) is 0 Å². The lowest BCUT2D eigenvalue weighted by Gasteiger charge is -2.28. The molecule has 0 saturated carbocycles. The smallest absolute Gasteiger partial charge is 0.0883 e. The number of aliphatic hydroxyl groups is 2. The number of hydrogen-bond donors (Lipinski definition) is 3. The van der Waals surface area contributed by atoms with Gasteiger partial charge in [0.05, 0.1) is 18.0 Å². The summed E-state index contributed by atoms with van der Waals surface area (Å²) < 4.78 is 5.17. The summed E-state index contributed by atoms with van der Waals surface area (Å²) in [5, 5.41) is 19.4. The van der Waals surface area contributed by atoms with Gasteiger partial charge in [-0.05, 0) is 56.9 Å². The normalized spacial score (nSPS) is 25.6. The van der Waals surface area contributed by atoms with Crippen LogP contribution in [0.25, 0.3) is 0 Å². The molecule has 0 bridgehead atoms. The van der Waals surface area contributed by atoms with Crippen LogP contribution < -0.4 is 5.73 Å². The van der Waals surface area contributed by atoms with Gasteiger partial charge in [-0.15, -0.1) is 0 Å². The Hall–Kier alpha value is -0.580. The van der Waals surface area contributed by atoms with E-state index in [0.29, 0.717) is 24.0 Å². The molecule has 0 aromatic carbocycles. The van der Waals surface area contributed by atoms with E-state index in [1.807, 2.05) is 13.0 Å². The van der Waals surface area contributed by atoms with E-state index in [0.717, 1.165) is 32.1 Å². The van der Waals surface area contributed by atoms with Crippen molar-refractivity contribution in [3.63, 3.8) is 0 Å². The first-order valence-corrected chi connectivity index (χ1v) is 7.76. The zero-order valence-electron chi connectivity index (χ0n) is 13.1. The molecule has 0 fully saturated rings. The molecule has 0 aromatic rings. The quantitative estimate of drug-likeness (QED) is 0.641. The number of hydrogen-bond acceptors (Lipinski definition) is 4. The first kappa shape index (κ1) is 17.5. The van der Waals surface area contributed by atoms with Gasteiger partial charge in [0.15, 0.2) is 0 Å². The number of ether oxygens (including phenoxy) is 1. The van der Waals surface area contributed by atoms with Gasteiger partial charge >= 0.3 is 0 Å². The maximum atomic E-state index is 10.0. The fraction of sp³-hybridized carbons (Fsp3) is 0.875. The van der Waals surface area contributed by atoms with E-state index in [9.17, 15) is 10.2 Å². The lowest BCUT2D eigenvalue weighted by Crippen LogP contribution is -2.34. The van der Waals surface area contributed by atoms with Crippen molar-refractivity contribution in [1.29, 1.82) is 0 Å². The number of allylic oxidation sites excluding steroid dienone is 2. The van der Waals surface area contributed by atoms with Crippen LogP contribution in [-0.4, -0.2) is 35.6 Å². The van der Waals surface area contributed by atoms with E-state index in [1.165, 1.54) is 0 Å². The number of nitrogens with two attached hydrogens (primary N) is 1. The summed E-state index contributed by atoms with van der Waals surface area (Å²) in [6.07, 6.45) is 6.73. The Labute approximate surface area is 123 Å². The van der Waals surface area contributed by atoms with E-state index < -0.39 is 0 Å². The second-order valence-electron chi connectivity index (χ2n) is 6.38. The van der Waals surface area contributed by atoms with Gasteiger partial charge in [-0.25, -0.2) is 0 Å². The second-order valence-corrected chi connectivity index (χ2v) is 6.38. The average Bonchev–Trinajstić information content (AvgIpc) is 2.40. The van der Waals surface area contributed by atoms with Crippen LogP contribution in [-0.2, 0) is 4.74 Å². The molecule has 20 heavy (non-hydrogen) atoms. The first-order valence-electron chi connectivity index (χ1n) is 7.76. The molecule has 1 aliphatic carbocycles. The Bertz CT molecular complexity index is 306. The predicted molar refractivity (Wildman–Crippen MR) is 81.5 cm³/mol. The van der Waals surface area contributed by atoms with Crippen LogP contribution in [0.1, 0.15) is 52.4 Å². The summed E-state index contributed by atoms with van der Waals surface area (Å²) >= 11 is 0. The summed E-state index contributed by atoms with van der Waals surface area (Å²) in [4.78, 5) is 0. The maximum Gasteiger partial charge on any atom is 0.0883 e. The lowest BCUT2D eigenvalue weighted by molar-refractivity contribution is 0.0442. The standard InChI is InChI=1S/C16H31NO3/c1-11(8-15(19)9-12(2)20-3)16(17)10-13-4-6-14(18)7-5-13/h6,11-13,15-16,18-19H,4-5,7-10,17H2,1-3H3. The van der Waals surface area contributed by atoms with Crippen LogP contribution in [0, 0.1) is 11.8 Å². The monoisotopic (exact) mass is 285 g/mol. The van der Waals surface area contributed by atoms with Gasteiger partial charge in [-0.2, -0.15) is 0 Å². The predicted octanol–water partition coefficient (Wildman–Crippen LogP) is 2.76. The molecular formula is C16H31NO3. The molecular weight excluding hydrogens is 254 g/mol. The van der Waals surface area contributed by atoms with Crippen LogP contribution in [0.3, 0.4) is 0 Å². The van der Waals surface area contributed by atoms with Gasteiger partial charge in [-0.1, -0.05) is 6.92 Å². The van der Waals surface area contributed by atoms with Gasteiger partial charge < -0.3 is 20.7 Å². The summed E-state index contributed by atoms with van der Waals surface area (Å²) in [7, 11) is 1.67. The van der Waals surface area contributed by atoms with E-state index in [-0.39, 0.29) is 18.2 Å². The SMILES string of the molecule is COC(C)CC(O)CC(C)C(N)CC1CC=C(O)CC1. The minimum absolute atomic E-state index is 0.0832. The molecule has 4 N–H and O–H groups in total. The van der Waals surface area contributed by atoms with Crippen LogP contribution in [0.15, 0.2) is 11.8 Å². The molecule has 5 atom stereocenters. The fourth-order valence-electron chi connectivity index (χ4n) is 2.89. The molecule has 4 nitrogen and oxygen atoms in total. The third kappa shape index (κ3) is 6.25. The lowest BCUT2D eigenvalue weighted by atomic mass is 9.83. The Kier molecular flexibility index (Phi) is 7.56. The van der Waals surface area contributed by atoms with E-state index >= 15 is 0 Å². The van der Waals surface area contributed by atoms with Crippen molar-refractivity contribution in [1.82, 2.24) is 0 Å². The largest absolute Gasteiger partial charge is 0.513 e. The number of methoxy groups -OCH3 is 1. The van der Waals surface area contributed by atoms with Gasteiger partial charge in [0.1, 0.15) is 0 Å². The molecule has 0 saturated heterocycles. The fourth-order valence-corrected chi connectivity index (χ4v) is 2.89. The topological polar surface area (TPSA) is 75.7 Å². The minimum atomic E-state index is -0.346. The summed E-state index contributed by atoms with van der Waals surface area (Å²) in [6.45, 7) is 4.08. The molecule has 0 heterocycles. The van der Waals surface area contributed by atoms with Gasteiger partial charge in [-0.3, -0.25) is 0 Å². The van der Waals surface area contributed by atoms with Crippen molar-refractivity contribution in [2.75, 3.05) is 7.11 Å². The van der Waals surface area contributed by atoms with Crippen LogP contribution >= 0.6 is 0 Å². The first-order chi connectivity index (χ1) is 9.42. The van der Waals surface area contributed by atoms with Crippen molar-refractivity contribution < 1.29 is 14.9 Å². The molecule has 0 spiro atoms. The number of aliphatic hydroxyl groups excluding tert-OH is 2. The van der Waals surface area contributed by atoms with Crippen molar-refractivity contribution in [3.05, 3.63) is 11.8 Å². The molecule has 0 aromatic heterocycles. The van der Waals surface area contributed by atoms with Crippen molar-refractivity contribution in [3.8, 4) is 0 Å². The number of rotatable bonds is 8. The Morgan fingerprint density at radius 2 is 2.10 bits per heavy atom. The third-order valence-electron chi connectivity index (χ3n) is 4.48. The highest BCUT2D eigenvalue weighted by molar-refractivity contribution is 4.97. The maximum absolute atomic E-state index is 10.0. The van der Waals surface area contributed by atoms with Crippen molar-refractivity contribution in [2.45, 2.75) is 70.6 Å². The van der Waals surface area contributed by atoms with E-state index in [2.05, 4.69) is 6.92 Å². The Balaban J connectivity index is 2.30. The van der Waals surface area contributed by atoms with E-state index in [4.69, 9.17) is 10.5 Å². The molecule has 0 amide bonds. The van der Waals surface area contributed by atoms with Crippen LogP contribution in [0.4, 0.5) is 0 Å².